The first kappa shape index (κ1) is 23.6. The number of ether oxygens (including phenoxy) is 1. The van der Waals surface area contributed by atoms with E-state index in [1.54, 1.807) is 13.2 Å². The minimum absolute atomic E-state index is 0. The van der Waals surface area contributed by atoms with Crippen molar-refractivity contribution in [2.45, 2.75) is 19.9 Å². The van der Waals surface area contributed by atoms with Gasteiger partial charge >= 0.3 is 0 Å². The standard InChI is InChI=1S/C18H29N5O.HI/c1-4-20-18(21-9-11-23(2)10-6-12-24-3)22-15-17-8-5-7-16(13-17)14-19;/h5,7-8,13H,4,6,9-12,15H2,1-3H3,(H2,20,21,22);1H. The number of nitriles is 1. The topological polar surface area (TPSA) is 72.7 Å². The van der Waals surface area contributed by atoms with Gasteiger partial charge in [-0.1, -0.05) is 12.1 Å². The minimum atomic E-state index is 0. The van der Waals surface area contributed by atoms with E-state index in [0.717, 1.165) is 50.7 Å². The van der Waals surface area contributed by atoms with Crippen molar-refractivity contribution in [3.05, 3.63) is 35.4 Å². The van der Waals surface area contributed by atoms with Crippen molar-refractivity contribution in [1.29, 1.82) is 5.26 Å². The summed E-state index contributed by atoms with van der Waals surface area (Å²) in [5.74, 6) is 0.796. The molecular formula is C18H30IN5O. The molecule has 0 aliphatic heterocycles. The Morgan fingerprint density at radius 3 is 2.80 bits per heavy atom. The molecule has 0 unspecified atom stereocenters. The Morgan fingerprint density at radius 2 is 2.12 bits per heavy atom. The lowest BCUT2D eigenvalue weighted by Gasteiger charge is -2.18. The maximum atomic E-state index is 8.95. The second kappa shape index (κ2) is 14.9. The highest BCUT2D eigenvalue weighted by Gasteiger charge is 2.01. The van der Waals surface area contributed by atoms with Crippen LogP contribution in [0.15, 0.2) is 29.3 Å². The molecule has 7 heteroatoms. The monoisotopic (exact) mass is 459 g/mol. The molecule has 0 atom stereocenters. The Hall–Kier alpha value is -1.37. The van der Waals surface area contributed by atoms with Crippen LogP contribution in [-0.2, 0) is 11.3 Å². The summed E-state index contributed by atoms with van der Waals surface area (Å²) in [4.78, 5) is 6.85. The fourth-order valence-electron chi connectivity index (χ4n) is 2.21. The fourth-order valence-corrected chi connectivity index (χ4v) is 2.21. The molecule has 0 spiro atoms. The summed E-state index contributed by atoms with van der Waals surface area (Å²) < 4.78 is 5.07. The van der Waals surface area contributed by atoms with Crippen LogP contribution in [0.4, 0.5) is 0 Å². The Kier molecular flexibility index (Phi) is 14.1. The summed E-state index contributed by atoms with van der Waals surface area (Å²) in [6, 6.07) is 9.70. The summed E-state index contributed by atoms with van der Waals surface area (Å²) in [5.41, 5.74) is 1.70. The molecule has 0 saturated carbocycles. The third-order valence-corrected chi connectivity index (χ3v) is 3.49. The Balaban J connectivity index is 0.00000576. The highest BCUT2D eigenvalue weighted by Crippen LogP contribution is 2.05. The van der Waals surface area contributed by atoms with E-state index < -0.39 is 0 Å². The maximum Gasteiger partial charge on any atom is 0.191 e. The van der Waals surface area contributed by atoms with Gasteiger partial charge in [-0.3, -0.25) is 0 Å². The molecule has 25 heavy (non-hydrogen) atoms. The van der Waals surface area contributed by atoms with Crippen LogP contribution < -0.4 is 10.6 Å². The van der Waals surface area contributed by atoms with Crippen molar-refractivity contribution in [3.63, 3.8) is 0 Å². The van der Waals surface area contributed by atoms with Gasteiger partial charge in [-0.05, 0) is 38.1 Å². The number of likely N-dealkylation sites (N-methyl/N-ethyl adjacent to an activating group) is 1. The second-order valence-electron chi connectivity index (χ2n) is 5.58. The summed E-state index contributed by atoms with van der Waals surface area (Å²) in [6.07, 6.45) is 1.04. The van der Waals surface area contributed by atoms with Gasteiger partial charge in [0, 0.05) is 39.9 Å². The van der Waals surface area contributed by atoms with E-state index in [2.05, 4.69) is 33.6 Å². The molecule has 0 saturated heterocycles. The van der Waals surface area contributed by atoms with Gasteiger partial charge in [0.05, 0.1) is 18.2 Å². The van der Waals surface area contributed by atoms with Crippen molar-refractivity contribution < 1.29 is 4.74 Å². The quantitative estimate of drug-likeness (QED) is 0.243. The lowest BCUT2D eigenvalue weighted by Crippen LogP contribution is -2.41. The number of aliphatic imine (C=N–C) groups is 1. The Morgan fingerprint density at radius 1 is 1.32 bits per heavy atom. The molecule has 1 aromatic carbocycles. The van der Waals surface area contributed by atoms with E-state index in [1.807, 2.05) is 25.1 Å². The lowest BCUT2D eigenvalue weighted by molar-refractivity contribution is 0.180. The predicted molar refractivity (Wildman–Crippen MR) is 113 cm³/mol. The molecule has 1 aromatic rings. The summed E-state index contributed by atoms with van der Waals surface area (Å²) in [6.45, 7) is 6.99. The van der Waals surface area contributed by atoms with E-state index >= 15 is 0 Å². The van der Waals surface area contributed by atoms with E-state index in [1.165, 1.54) is 0 Å². The van der Waals surface area contributed by atoms with Crippen molar-refractivity contribution >= 4 is 29.9 Å². The summed E-state index contributed by atoms with van der Waals surface area (Å²) in [5, 5.41) is 15.5. The molecular weight excluding hydrogens is 429 g/mol. The minimum Gasteiger partial charge on any atom is -0.385 e. The van der Waals surface area contributed by atoms with Gasteiger partial charge in [-0.2, -0.15) is 5.26 Å². The van der Waals surface area contributed by atoms with Crippen LogP contribution in [0.25, 0.3) is 0 Å². The normalized spacial score (nSPS) is 10.9. The molecule has 2 N–H and O–H groups in total. The zero-order valence-corrected chi connectivity index (χ0v) is 17.7. The van der Waals surface area contributed by atoms with Gasteiger partial charge < -0.3 is 20.3 Å². The van der Waals surface area contributed by atoms with Crippen LogP contribution in [0.3, 0.4) is 0 Å². The van der Waals surface area contributed by atoms with Gasteiger partial charge in [-0.25, -0.2) is 4.99 Å². The van der Waals surface area contributed by atoms with Crippen LogP contribution in [0.1, 0.15) is 24.5 Å². The van der Waals surface area contributed by atoms with Crippen molar-refractivity contribution in [1.82, 2.24) is 15.5 Å². The molecule has 0 aromatic heterocycles. The zero-order chi connectivity index (χ0) is 17.6. The maximum absolute atomic E-state index is 8.95. The van der Waals surface area contributed by atoms with Crippen LogP contribution in [-0.4, -0.2) is 57.8 Å². The zero-order valence-electron chi connectivity index (χ0n) is 15.4. The molecule has 0 heterocycles. The molecule has 0 aliphatic rings. The smallest absolute Gasteiger partial charge is 0.191 e. The van der Waals surface area contributed by atoms with Crippen molar-refractivity contribution in [2.24, 2.45) is 4.99 Å². The number of hydrogen-bond acceptors (Lipinski definition) is 4. The Bertz CT molecular complexity index is 545. The largest absolute Gasteiger partial charge is 0.385 e. The van der Waals surface area contributed by atoms with Crippen LogP contribution in [0, 0.1) is 11.3 Å². The predicted octanol–water partition coefficient (Wildman–Crippen LogP) is 2.20. The number of halogens is 1. The number of nitrogens with zero attached hydrogens (tertiary/aromatic N) is 3. The number of hydrogen-bond donors (Lipinski definition) is 2. The van der Waals surface area contributed by atoms with Crippen LogP contribution >= 0.6 is 24.0 Å². The van der Waals surface area contributed by atoms with Gasteiger partial charge in [0.1, 0.15) is 0 Å². The van der Waals surface area contributed by atoms with Crippen molar-refractivity contribution in [3.8, 4) is 6.07 Å². The average Bonchev–Trinajstić information content (AvgIpc) is 2.60. The van der Waals surface area contributed by atoms with Gasteiger partial charge in [-0.15, -0.1) is 24.0 Å². The first-order valence-corrected chi connectivity index (χ1v) is 8.38. The lowest BCUT2D eigenvalue weighted by atomic mass is 10.1. The summed E-state index contributed by atoms with van der Waals surface area (Å²) >= 11 is 0. The van der Waals surface area contributed by atoms with E-state index in [0.29, 0.717) is 12.1 Å². The van der Waals surface area contributed by atoms with E-state index in [-0.39, 0.29) is 24.0 Å². The number of benzene rings is 1. The first-order valence-electron chi connectivity index (χ1n) is 8.38. The fraction of sp³-hybridized carbons (Fsp3) is 0.556. The van der Waals surface area contributed by atoms with Crippen LogP contribution in [0.2, 0.25) is 0 Å². The van der Waals surface area contributed by atoms with E-state index in [4.69, 9.17) is 10.00 Å². The molecule has 1 rings (SSSR count). The molecule has 6 nitrogen and oxygen atoms in total. The third-order valence-electron chi connectivity index (χ3n) is 3.49. The van der Waals surface area contributed by atoms with E-state index in [9.17, 15) is 0 Å². The van der Waals surface area contributed by atoms with Crippen LogP contribution in [0.5, 0.6) is 0 Å². The molecule has 0 amide bonds. The number of nitrogens with one attached hydrogen (secondary N) is 2. The first-order chi connectivity index (χ1) is 11.7. The summed E-state index contributed by atoms with van der Waals surface area (Å²) in [7, 11) is 3.84. The average molecular weight is 459 g/mol. The Labute approximate surface area is 168 Å². The second-order valence-corrected chi connectivity index (χ2v) is 5.58. The number of rotatable bonds is 10. The third kappa shape index (κ3) is 11.0. The molecule has 0 fully saturated rings. The van der Waals surface area contributed by atoms with Gasteiger partial charge in [0.2, 0.25) is 0 Å². The molecule has 0 bridgehead atoms. The SMILES string of the molecule is CCNC(=NCc1cccc(C#N)c1)NCCN(C)CCCOC.I. The number of guanidine groups is 1. The highest BCUT2D eigenvalue weighted by atomic mass is 127. The van der Waals surface area contributed by atoms with Crippen molar-refractivity contribution in [2.75, 3.05) is 46.9 Å². The van der Waals surface area contributed by atoms with Gasteiger partial charge in [0.15, 0.2) is 5.96 Å². The molecule has 0 aliphatic carbocycles. The van der Waals surface area contributed by atoms with Gasteiger partial charge in [0.25, 0.3) is 0 Å². The number of methoxy groups -OCH3 is 1. The highest BCUT2D eigenvalue weighted by molar-refractivity contribution is 14.0. The molecule has 0 radical (unpaired) electrons. The molecule has 140 valence electrons.